The van der Waals surface area contributed by atoms with E-state index in [9.17, 15) is 4.79 Å². The molecular formula is C17H24ClNO2S. The second kappa shape index (κ2) is 6.12. The first kappa shape index (κ1) is 16.3. The Morgan fingerprint density at radius 3 is 2.36 bits per heavy atom. The van der Waals surface area contributed by atoms with Crippen molar-refractivity contribution in [1.29, 1.82) is 0 Å². The van der Waals surface area contributed by atoms with E-state index in [0.29, 0.717) is 6.61 Å². The van der Waals surface area contributed by atoms with Gasteiger partial charge in [0.15, 0.2) is 5.69 Å². The molecule has 4 fully saturated rings. The number of hydrogen-bond donors (Lipinski definition) is 0. The van der Waals surface area contributed by atoms with Gasteiger partial charge < -0.3 is 17.1 Å². The third-order valence-corrected chi connectivity index (χ3v) is 6.96. The highest BCUT2D eigenvalue weighted by Gasteiger charge is 2.55. The van der Waals surface area contributed by atoms with Crippen LogP contribution in [0.5, 0.6) is 0 Å². The summed E-state index contributed by atoms with van der Waals surface area (Å²) in [5, 5.41) is 0. The van der Waals surface area contributed by atoms with Gasteiger partial charge in [-0.3, -0.25) is 4.79 Å². The van der Waals surface area contributed by atoms with E-state index < -0.39 is 0 Å². The predicted octanol–water partition coefficient (Wildman–Crippen LogP) is 0.177. The molecule has 0 unspecified atom stereocenters. The lowest BCUT2D eigenvalue weighted by molar-refractivity contribution is -0.380. The summed E-state index contributed by atoms with van der Waals surface area (Å²) in [6.45, 7) is 2.61. The Bertz CT molecular complexity index is 521. The van der Waals surface area contributed by atoms with Crippen molar-refractivity contribution in [2.75, 3.05) is 6.61 Å². The molecule has 0 radical (unpaired) electrons. The van der Waals surface area contributed by atoms with E-state index in [2.05, 4.69) is 11.9 Å². The number of aromatic amines is 1. The van der Waals surface area contributed by atoms with Crippen LogP contribution in [0.25, 0.3) is 0 Å². The topological polar surface area (TPSA) is 40.4 Å². The van der Waals surface area contributed by atoms with Crippen LogP contribution >= 0.6 is 11.3 Å². The molecular weight excluding hydrogens is 318 g/mol. The minimum atomic E-state index is -0.106. The van der Waals surface area contributed by atoms with E-state index in [1.807, 2.05) is 5.51 Å². The monoisotopic (exact) mass is 341 g/mol. The first-order chi connectivity index (χ1) is 10.1. The lowest BCUT2D eigenvalue weighted by Gasteiger charge is -2.55. The van der Waals surface area contributed by atoms with Gasteiger partial charge in [-0.2, -0.15) is 0 Å². The van der Waals surface area contributed by atoms with Gasteiger partial charge in [-0.1, -0.05) is 11.3 Å². The molecule has 4 aliphatic rings. The maximum Gasteiger partial charge on any atom is 0.312 e. The second-order valence-electron chi connectivity index (χ2n) is 7.51. The lowest BCUT2D eigenvalue weighted by atomic mass is 9.49. The quantitative estimate of drug-likeness (QED) is 0.733. The number of H-pyrrole nitrogens is 1. The van der Waals surface area contributed by atoms with Crippen molar-refractivity contribution >= 4 is 17.3 Å². The molecule has 1 aromatic rings. The van der Waals surface area contributed by atoms with Crippen LogP contribution in [0.1, 0.15) is 49.1 Å². The van der Waals surface area contributed by atoms with Gasteiger partial charge in [0.25, 0.3) is 0 Å². The molecule has 0 saturated heterocycles. The van der Waals surface area contributed by atoms with Gasteiger partial charge in [0.05, 0.1) is 16.9 Å². The average Bonchev–Trinajstić information content (AvgIpc) is 2.83. The highest BCUT2D eigenvalue weighted by atomic mass is 35.5. The van der Waals surface area contributed by atoms with Crippen molar-refractivity contribution in [3.8, 4) is 0 Å². The standard InChI is InChI=1S/C17H23NO2S.ClH/c1-11-15(21-10-18-11)2-3-20-16(19)17-7-12-4-13(8-17)6-14(5-12)9-17;/h10,12-14H,2-9H2,1H3;1H. The van der Waals surface area contributed by atoms with Crippen molar-refractivity contribution in [2.45, 2.75) is 51.9 Å². The zero-order valence-electron chi connectivity index (χ0n) is 13.1. The average molecular weight is 342 g/mol. The maximum atomic E-state index is 12.7. The zero-order valence-corrected chi connectivity index (χ0v) is 14.6. The van der Waals surface area contributed by atoms with Crippen LogP contribution in [0.4, 0.5) is 0 Å². The summed E-state index contributed by atoms with van der Waals surface area (Å²) >= 11 is 1.71. The first-order valence-corrected chi connectivity index (χ1v) is 9.14. The van der Waals surface area contributed by atoms with Crippen LogP contribution in [0, 0.1) is 30.1 Å². The molecule has 0 spiro atoms. The van der Waals surface area contributed by atoms with Crippen molar-refractivity contribution < 1.29 is 26.9 Å². The molecule has 4 saturated carbocycles. The SMILES string of the molecule is Cc1[nH+]csc1CCOC(=O)C12CC3CC(CC(C3)C1)C2.[Cl-]. The van der Waals surface area contributed by atoms with Gasteiger partial charge in [0.1, 0.15) is 0 Å². The van der Waals surface area contributed by atoms with E-state index in [1.54, 1.807) is 11.3 Å². The summed E-state index contributed by atoms with van der Waals surface area (Å²) in [6, 6.07) is 0. The number of hydrogen-bond acceptors (Lipinski definition) is 3. The third-order valence-electron chi connectivity index (χ3n) is 5.93. The van der Waals surface area contributed by atoms with E-state index >= 15 is 0 Å². The van der Waals surface area contributed by atoms with Crippen molar-refractivity contribution in [2.24, 2.45) is 23.2 Å². The number of thiazole rings is 1. The summed E-state index contributed by atoms with van der Waals surface area (Å²) in [7, 11) is 0. The number of carbonyl (C=O) groups is 1. The number of aromatic nitrogens is 1. The Balaban J connectivity index is 0.00000144. The molecule has 0 atom stereocenters. The van der Waals surface area contributed by atoms with Gasteiger partial charge in [-0.05, 0) is 56.3 Å². The van der Waals surface area contributed by atoms with Crippen LogP contribution in [0.15, 0.2) is 5.51 Å². The van der Waals surface area contributed by atoms with Crippen LogP contribution in [0.3, 0.4) is 0 Å². The molecule has 0 aromatic carbocycles. The number of ether oxygens (including phenoxy) is 1. The third kappa shape index (κ3) is 2.80. The molecule has 122 valence electrons. The first-order valence-electron chi connectivity index (χ1n) is 8.26. The number of nitrogens with one attached hydrogen (secondary N) is 1. The van der Waals surface area contributed by atoms with E-state index in [1.165, 1.54) is 29.8 Å². The molecule has 1 aromatic heterocycles. The fourth-order valence-electron chi connectivity index (χ4n) is 5.35. The van der Waals surface area contributed by atoms with Crippen LogP contribution in [-0.2, 0) is 16.0 Å². The molecule has 4 aliphatic carbocycles. The lowest BCUT2D eigenvalue weighted by Crippen LogP contribution is -3.00. The fraction of sp³-hybridized carbons (Fsp3) is 0.765. The Morgan fingerprint density at radius 2 is 1.86 bits per heavy atom. The smallest absolute Gasteiger partial charge is 0.312 e. The molecule has 0 amide bonds. The highest BCUT2D eigenvalue weighted by molar-refractivity contribution is 7.09. The summed E-state index contributed by atoms with van der Waals surface area (Å²) in [5.41, 5.74) is 3.09. The van der Waals surface area contributed by atoms with Crippen molar-refractivity contribution in [3.05, 3.63) is 16.1 Å². The Labute approximate surface area is 142 Å². The summed E-state index contributed by atoms with van der Waals surface area (Å²) in [5.74, 6) is 2.52. The highest BCUT2D eigenvalue weighted by Crippen LogP contribution is 2.60. The number of esters is 1. The van der Waals surface area contributed by atoms with Crippen LogP contribution in [0.2, 0.25) is 0 Å². The minimum Gasteiger partial charge on any atom is -1.00 e. The van der Waals surface area contributed by atoms with Gasteiger partial charge in [-0.25, -0.2) is 4.98 Å². The van der Waals surface area contributed by atoms with Crippen molar-refractivity contribution in [3.63, 3.8) is 0 Å². The summed E-state index contributed by atoms with van der Waals surface area (Å²) in [6.07, 6.45) is 8.26. The van der Waals surface area contributed by atoms with E-state index in [0.717, 1.165) is 43.4 Å². The maximum absolute atomic E-state index is 12.7. The van der Waals surface area contributed by atoms with E-state index in [-0.39, 0.29) is 23.8 Å². The van der Waals surface area contributed by atoms with Gasteiger partial charge in [-0.15, -0.1) is 0 Å². The Kier molecular flexibility index (Phi) is 4.52. The molecule has 22 heavy (non-hydrogen) atoms. The largest absolute Gasteiger partial charge is 1.00 e. The molecule has 1 N–H and O–H groups in total. The van der Waals surface area contributed by atoms with E-state index in [4.69, 9.17) is 4.74 Å². The zero-order chi connectivity index (χ0) is 14.4. The van der Waals surface area contributed by atoms with Crippen molar-refractivity contribution in [1.82, 2.24) is 0 Å². The molecule has 5 heteroatoms. The fourth-order valence-corrected chi connectivity index (χ4v) is 6.17. The molecule has 1 heterocycles. The normalized spacial score (nSPS) is 35.2. The Hall–Kier alpha value is -0.610. The Morgan fingerprint density at radius 1 is 1.27 bits per heavy atom. The molecule has 3 nitrogen and oxygen atoms in total. The predicted molar refractivity (Wildman–Crippen MR) is 80.9 cm³/mol. The van der Waals surface area contributed by atoms with Gasteiger partial charge >= 0.3 is 5.97 Å². The summed E-state index contributed by atoms with van der Waals surface area (Å²) in [4.78, 5) is 17.2. The van der Waals surface area contributed by atoms with Gasteiger partial charge in [0, 0.05) is 13.3 Å². The number of aryl methyl sites for hydroxylation is 1. The molecule has 4 bridgehead atoms. The van der Waals surface area contributed by atoms with Gasteiger partial charge in [0.2, 0.25) is 5.51 Å². The van der Waals surface area contributed by atoms with Crippen LogP contribution < -0.4 is 17.4 Å². The minimum absolute atomic E-state index is 0. The summed E-state index contributed by atoms with van der Waals surface area (Å²) < 4.78 is 5.71. The van der Waals surface area contributed by atoms with Crippen LogP contribution in [-0.4, -0.2) is 12.6 Å². The second-order valence-corrected chi connectivity index (χ2v) is 8.48. The molecule has 0 aliphatic heterocycles. The number of carbonyl (C=O) groups excluding carboxylic acids is 1. The number of rotatable bonds is 4. The number of halogens is 1. The molecule has 5 rings (SSSR count).